The molecule has 0 saturated heterocycles. The highest BCUT2D eigenvalue weighted by atomic mass is 32.2. The van der Waals surface area contributed by atoms with Crippen LogP contribution in [0.1, 0.15) is 27.7 Å². The van der Waals surface area contributed by atoms with E-state index in [0.29, 0.717) is 15.0 Å². The Morgan fingerprint density at radius 2 is 1.22 bits per heavy atom. The minimum absolute atomic E-state index is 0.377. The molecule has 0 aliphatic carbocycles. The maximum absolute atomic E-state index is 10.9. The van der Waals surface area contributed by atoms with Gasteiger partial charge in [-0.1, -0.05) is 12.2 Å². The van der Waals surface area contributed by atoms with Gasteiger partial charge in [0.1, 0.15) is 3.53 Å². The molecule has 0 aliphatic heterocycles. The smallest absolute Gasteiger partial charge is 0.309 e. The van der Waals surface area contributed by atoms with E-state index in [-0.39, 0.29) is 0 Å². The first kappa shape index (κ1) is 17.7. The summed E-state index contributed by atoms with van der Waals surface area (Å²) in [7, 11) is 0. The van der Waals surface area contributed by atoms with Gasteiger partial charge in [0.25, 0.3) is 0 Å². The van der Waals surface area contributed by atoms with E-state index in [4.69, 9.17) is 22.4 Å². The number of hydrogen-bond acceptors (Lipinski definition) is 5. The minimum Gasteiger partial charge on any atom is -0.481 e. The van der Waals surface area contributed by atoms with E-state index in [1.807, 2.05) is 0 Å². The highest BCUT2D eigenvalue weighted by Gasteiger charge is 2.30. The molecule has 0 rings (SSSR count). The van der Waals surface area contributed by atoms with E-state index in [2.05, 4.69) is 0 Å². The van der Waals surface area contributed by atoms with Gasteiger partial charge < -0.3 is 10.2 Å². The number of hydrogen-bond donors (Lipinski definition) is 2. The van der Waals surface area contributed by atoms with Crippen LogP contribution in [0.5, 0.6) is 0 Å². The summed E-state index contributed by atoms with van der Waals surface area (Å²) >= 11 is 7.67. The fraction of sp³-hybridized carbons (Fsp3) is 0.727. The van der Waals surface area contributed by atoms with Gasteiger partial charge >= 0.3 is 11.9 Å². The third-order valence-electron chi connectivity index (χ3n) is 2.26. The molecular formula is C11H18O4S3. The summed E-state index contributed by atoms with van der Waals surface area (Å²) in [6.07, 6.45) is 0. The highest BCUT2D eigenvalue weighted by molar-refractivity contribution is 8.47. The molecule has 2 N–H and O–H groups in total. The van der Waals surface area contributed by atoms with Gasteiger partial charge in [0.05, 0.1) is 10.8 Å². The van der Waals surface area contributed by atoms with Gasteiger partial charge in [-0.3, -0.25) is 9.59 Å². The van der Waals surface area contributed by atoms with E-state index >= 15 is 0 Å². The molecule has 0 aromatic heterocycles. The topological polar surface area (TPSA) is 74.6 Å². The number of thiocarbonyl (C=S) groups is 1. The number of carbonyl (C=O) groups is 2. The standard InChI is InChI=1S/C11H18O4S3/c1-10(2,7(12)13)5-17-9(16)18-6-11(3,4)8(14)15/h5-6H2,1-4H3,(H,12,13)(H,14,15). The number of carboxylic acid groups (broad SMARTS) is 2. The largest absolute Gasteiger partial charge is 0.481 e. The molecule has 4 nitrogen and oxygen atoms in total. The van der Waals surface area contributed by atoms with Gasteiger partial charge in [-0.2, -0.15) is 0 Å². The molecule has 18 heavy (non-hydrogen) atoms. The molecule has 0 heterocycles. The highest BCUT2D eigenvalue weighted by Crippen LogP contribution is 2.30. The molecule has 0 radical (unpaired) electrons. The number of aliphatic carboxylic acids is 2. The number of thioether (sulfide) groups is 2. The van der Waals surface area contributed by atoms with E-state index in [0.717, 1.165) is 0 Å². The number of carboxylic acids is 2. The Kier molecular flexibility index (Phi) is 6.67. The summed E-state index contributed by atoms with van der Waals surface area (Å²) in [6, 6.07) is 0. The first-order chi connectivity index (χ1) is 7.99. The van der Waals surface area contributed by atoms with Crippen molar-refractivity contribution < 1.29 is 19.8 Å². The van der Waals surface area contributed by atoms with Crippen molar-refractivity contribution in [1.82, 2.24) is 0 Å². The molecule has 104 valence electrons. The van der Waals surface area contributed by atoms with Crippen molar-refractivity contribution in [2.24, 2.45) is 10.8 Å². The van der Waals surface area contributed by atoms with Crippen molar-refractivity contribution in [3.8, 4) is 0 Å². The number of rotatable bonds is 6. The summed E-state index contributed by atoms with van der Waals surface area (Å²) in [5, 5.41) is 17.9. The zero-order valence-electron chi connectivity index (χ0n) is 10.8. The summed E-state index contributed by atoms with van der Waals surface area (Å²) in [4.78, 5) is 21.8. The summed E-state index contributed by atoms with van der Waals surface area (Å²) < 4.78 is 0.582. The van der Waals surface area contributed by atoms with Crippen molar-refractivity contribution in [3.63, 3.8) is 0 Å². The lowest BCUT2D eigenvalue weighted by Crippen LogP contribution is -2.27. The molecule has 0 amide bonds. The third kappa shape index (κ3) is 6.06. The van der Waals surface area contributed by atoms with Crippen molar-refractivity contribution in [3.05, 3.63) is 0 Å². The summed E-state index contributed by atoms with van der Waals surface area (Å²) in [6.45, 7) is 6.54. The molecule has 7 heteroatoms. The monoisotopic (exact) mass is 310 g/mol. The minimum atomic E-state index is -0.867. The Labute approximate surface area is 121 Å². The second-order valence-corrected chi connectivity index (χ2v) is 8.36. The van der Waals surface area contributed by atoms with Crippen molar-refractivity contribution in [2.45, 2.75) is 27.7 Å². The Morgan fingerprint density at radius 1 is 0.944 bits per heavy atom. The van der Waals surface area contributed by atoms with E-state index in [9.17, 15) is 9.59 Å². The van der Waals surface area contributed by atoms with Crippen LogP contribution < -0.4 is 0 Å². The molecule has 0 saturated carbocycles. The normalized spacial score (nSPS) is 12.2. The quantitative estimate of drug-likeness (QED) is 0.730. The van der Waals surface area contributed by atoms with Crippen molar-refractivity contribution in [1.29, 1.82) is 0 Å². The Bertz CT molecular complexity index is 318. The Balaban J connectivity index is 4.16. The fourth-order valence-electron chi connectivity index (χ4n) is 0.644. The second kappa shape index (κ2) is 6.77. The van der Waals surface area contributed by atoms with Crippen LogP contribution in [0.2, 0.25) is 0 Å². The van der Waals surface area contributed by atoms with E-state index in [1.54, 1.807) is 27.7 Å². The van der Waals surface area contributed by atoms with Gasteiger partial charge in [-0.15, -0.1) is 23.5 Å². The van der Waals surface area contributed by atoms with Crippen LogP contribution in [0.3, 0.4) is 0 Å². The molecule has 0 aromatic rings. The second-order valence-electron chi connectivity index (χ2n) is 5.21. The lowest BCUT2D eigenvalue weighted by Gasteiger charge is -2.20. The van der Waals surface area contributed by atoms with Crippen LogP contribution >= 0.6 is 35.7 Å². The molecular weight excluding hydrogens is 292 g/mol. The summed E-state index contributed by atoms with van der Waals surface area (Å²) in [5.74, 6) is -0.981. The predicted octanol–water partition coefficient (Wildman–Crippen LogP) is 2.96. The zero-order valence-corrected chi connectivity index (χ0v) is 13.3. The van der Waals surface area contributed by atoms with E-state index < -0.39 is 22.8 Å². The molecule has 0 fully saturated rings. The van der Waals surface area contributed by atoms with Crippen LogP contribution in [0, 0.1) is 10.8 Å². The van der Waals surface area contributed by atoms with Crippen molar-refractivity contribution in [2.75, 3.05) is 11.5 Å². The molecule has 0 atom stereocenters. The third-order valence-corrected chi connectivity index (χ3v) is 5.88. The van der Waals surface area contributed by atoms with Gasteiger partial charge in [-0.25, -0.2) is 0 Å². The average molecular weight is 310 g/mol. The van der Waals surface area contributed by atoms with Crippen molar-refractivity contribution >= 4 is 51.2 Å². The first-order valence-electron chi connectivity index (χ1n) is 5.25. The van der Waals surface area contributed by atoms with Gasteiger partial charge in [0.2, 0.25) is 0 Å². The molecule has 0 aromatic carbocycles. The van der Waals surface area contributed by atoms with Gasteiger partial charge in [-0.05, 0) is 27.7 Å². The molecule has 0 unspecified atom stereocenters. The average Bonchev–Trinajstić information content (AvgIpc) is 2.23. The SMILES string of the molecule is CC(C)(CSC(=S)SCC(C)(C)C(=O)O)C(=O)O. The van der Waals surface area contributed by atoms with Crippen LogP contribution in [0.4, 0.5) is 0 Å². The Hall–Kier alpha value is -0.270. The molecule has 0 spiro atoms. The van der Waals surface area contributed by atoms with E-state index in [1.165, 1.54) is 23.5 Å². The molecule has 0 bridgehead atoms. The zero-order chi connectivity index (χ0) is 14.6. The lowest BCUT2D eigenvalue weighted by atomic mass is 9.97. The molecule has 0 aliphatic rings. The maximum Gasteiger partial charge on any atom is 0.309 e. The lowest BCUT2D eigenvalue weighted by molar-refractivity contribution is -0.146. The first-order valence-corrected chi connectivity index (χ1v) is 7.63. The van der Waals surface area contributed by atoms with Crippen LogP contribution in [0.25, 0.3) is 0 Å². The predicted molar refractivity (Wildman–Crippen MR) is 80.3 cm³/mol. The van der Waals surface area contributed by atoms with Crippen LogP contribution in [0.15, 0.2) is 0 Å². The Morgan fingerprint density at radius 3 is 1.44 bits per heavy atom. The maximum atomic E-state index is 10.9. The van der Waals surface area contributed by atoms with Crippen LogP contribution in [-0.2, 0) is 9.59 Å². The summed E-state index contributed by atoms with van der Waals surface area (Å²) in [5.41, 5.74) is -1.67. The fourth-order valence-corrected chi connectivity index (χ4v) is 2.89. The van der Waals surface area contributed by atoms with Gasteiger partial charge in [0.15, 0.2) is 0 Å². The van der Waals surface area contributed by atoms with Crippen LogP contribution in [-0.4, -0.2) is 37.2 Å². The van der Waals surface area contributed by atoms with Gasteiger partial charge in [0, 0.05) is 11.5 Å².